The van der Waals surface area contributed by atoms with Gasteiger partial charge in [0.05, 0.1) is 5.92 Å². The third-order valence-corrected chi connectivity index (χ3v) is 8.42. The zero-order valence-electron chi connectivity index (χ0n) is 21.0. The number of unbranched alkanes of at least 4 members (excludes halogenated alkanes) is 14. The average molecular weight is 479 g/mol. The molecule has 2 atom stereocenters. The number of hydrogen-bond donors (Lipinski definition) is 2. The summed E-state index contributed by atoms with van der Waals surface area (Å²) < 4.78 is 12.4. The van der Waals surface area contributed by atoms with Gasteiger partial charge in [0.25, 0.3) is 0 Å². The topological polar surface area (TPSA) is 74.6 Å². The molecular weight excluding hydrogens is 431 g/mol. The summed E-state index contributed by atoms with van der Waals surface area (Å²) in [6, 6.07) is 6.93. The molecule has 2 unspecified atom stereocenters. The van der Waals surface area contributed by atoms with E-state index in [9.17, 15) is 14.3 Å². The van der Waals surface area contributed by atoms with E-state index in [0.29, 0.717) is 5.30 Å². The van der Waals surface area contributed by atoms with Gasteiger partial charge in [-0.25, -0.2) is 0 Å². The minimum Gasteiger partial charge on any atom is -0.481 e. The lowest BCUT2D eigenvalue weighted by Gasteiger charge is -2.14. The van der Waals surface area contributed by atoms with Crippen LogP contribution in [0.3, 0.4) is 0 Å². The second-order valence-electron chi connectivity index (χ2n) is 9.50. The van der Waals surface area contributed by atoms with Gasteiger partial charge in [0.15, 0.2) is 0 Å². The third kappa shape index (κ3) is 14.5. The van der Waals surface area contributed by atoms with Gasteiger partial charge >= 0.3 is 5.97 Å². The van der Waals surface area contributed by atoms with Gasteiger partial charge in [-0.05, 0) is 30.5 Å². The van der Waals surface area contributed by atoms with Crippen molar-refractivity contribution in [1.29, 1.82) is 0 Å². The van der Waals surface area contributed by atoms with E-state index in [1.54, 1.807) is 12.1 Å². The van der Waals surface area contributed by atoms with E-state index < -0.39 is 19.3 Å². The number of carboxylic acids is 1. The standard InChI is InChI=1S/C28H47O4P/c1-3-4-5-6-7-8-9-10-11-12-13-14-15-16-17-18-19-26-20-22-27(23-21-26)33(31,32)24-25(2)28(29)30/h18-23,25H,3-17,24H2,1-2H3,(H,29,30)(H,31,32). The van der Waals surface area contributed by atoms with Crippen LogP contribution >= 0.6 is 7.37 Å². The fraction of sp³-hybridized carbons (Fsp3) is 0.679. The van der Waals surface area contributed by atoms with Crippen LogP contribution in [0.1, 0.15) is 116 Å². The molecular formula is C28H47O4P. The molecule has 0 aromatic heterocycles. The van der Waals surface area contributed by atoms with Crippen LogP contribution in [-0.2, 0) is 9.36 Å². The van der Waals surface area contributed by atoms with Crippen LogP contribution in [0.15, 0.2) is 30.3 Å². The van der Waals surface area contributed by atoms with Crippen molar-refractivity contribution in [2.75, 3.05) is 6.16 Å². The molecule has 0 saturated heterocycles. The first kappa shape index (κ1) is 29.7. The molecule has 33 heavy (non-hydrogen) atoms. The Morgan fingerprint density at radius 3 is 1.76 bits per heavy atom. The van der Waals surface area contributed by atoms with Gasteiger partial charge in [0.2, 0.25) is 7.37 Å². The lowest BCUT2D eigenvalue weighted by molar-refractivity contribution is -0.140. The van der Waals surface area contributed by atoms with Crippen LogP contribution in [0.2, 0.25) is 0 Å². The highest BCUT2D eigenvalue weighted by Crippen LogP contribution is 2.41. The zero-order chi connectivity index (χ0) is 24.4. The SMILES string of the molecule is CCCCCCCCCCCCCCCCC=Cc1ccc(P(=O)(O)CC(C)C(=O)O)cc1. The van der Waals surface area contributed by atoms with Gasteiger partial charge in [0.1, 0.15) is 0 Å². The smallest absolute Gasteiger partial charge is 0.306 e. The Labute approximate surface area is 202 Å². The lowest BCUT2D eigenvalue weighted by Crippen LogP contribution is -2.18. The van der Waals surface area contributed by atoms with Crippen LogP contribution in [0, 0.1) is 5.92 Å². The van der Waals surface area contributed by atoms with E-state index in [0.717, 1.165) is 12.0 Å². The Balaban J connectivity index is 2.08. The first-order valence-corrected chi connectivity index (χ1v) is 15.0. The fourth-order valence-corrected chi connectivity index (χ4v) is 5.77. The van der Waals surface area contributed by atoms with E-state index in [-0.39, 0.29) is 6.16 Å². The van der Waals surface area contributed by atoms with E-state index in [4.69, 9.17) is 5.11 Å². The molecule has 1 aromatic carbocycles. The Bertz CT molecular complexity index is 711. The highest BCUT2D eigenvalue weighted by molar-refractivity contribution is 7.66. The molecule has 4 nitrogen and oxygen atoms in total. The second-order valence-corrected chi connectivity index (χ2v) is 11.8. The molecule has 0 aliphatic rings. The normalized spacial score (nSPS) is 14.4. The van der Waals surface area contributed by atoms with Crippen molar-refractivity contribution in [1.82, 2.24) is 0 Å². The number of carboxylic acid groups (broad SMARTS) is 1. The summed E-state index contributed by atoms with van der Waals surface area (Å²) in [5.74, 6) is -1.89. The summed E-state index contributed by atoms with van der Waals surface area (Å²) in [5, 5.41) is 9.28. The second kappa shape index (κ2) is 18.0. The van der Waals surface area contributed by atoms with Crippen molar-refractivity contribution in [3.05, 3.63) is 35.9 Å². The van der Waals surface area contributed by atoms with Crippen molar-refractivity contribution in [3.63, 3.8) is 0 Å². The Morgan fingerprint density at radius 1 is 0.848 bits per heavy atom. The van der Waals surface area contributed by atoms with Gasteiger partial charge in [-0.1, -0.05) is 122 Å². The first-order chi connectivity index (χ1) is 15.9. The summed E-state index contributed by atoms with van der Waals surface area (Å²) in [4.78, 5) is 21.1. The van der Waals surface area contributed by atoms with Crippen molar-refractivity contribution in [3.8, 4) is 0 Å². The van der Waals surface area contributed by atoms with Crippen LogP contribution in [0.4, 0.5) is 0 Å². The minimum absolute atomic E-state index is 0.239. The number of allylic oxidation sites excluding steroid dienone is 1. The summed E-state index contributed by atoms with van der Waals surface area (Å²) in [5.41, 5.74) is 0.996. The molecule has 1 rings (SSSR count). The maximum atomic E-state index is 12.4. The number of hydrogen-bond acceptors (Lipinski definition) is 2. The van der Waals surface area contributed by atoms with Gasteiger partial charge in [-0.15, -0.1) is 0 Å². The van der Waals surface area contributed by atoms with Gasteiger partial charge < -0.3 is 10.00 Å². The molecule has 0 fully saturated rings. The van der Waals surface area contributed by atoms with Crippen molar-refractivity contribution in [2.24, 2.45) is 5.92 Å². The molecule has 188 valence electrons. The Kier molecular flexibility index (Phi) is 16.2. The van der Waals surface area contributed by atoms with Crippen LogP contribution < -0.4 is 5.30 Å². The van der Waals surface area contributed by atoms with E-state index in [2.05, 4.69) is 13.0 Å². The number of aliphatic carboxylic acids is 1. The molecule has 2 N–H and O–H groups in total. The minimum atomic E-state index is -3.64. The van der Waals surface area contributed by atoms with Crippen LogP contribution in [0.5, 0.6) is 0 Å². The van der Waals surface area contributed by atoms with Crippen LogP contribution in [-0.4, -0.2) is 22.1 Å². The molecule has 1 aromatic rings. The van der Waals surface area contributed by atoms with Gasteiger partial charge in [-0.3, -0.25) is 9.36 Å². The summed E-state index contributed by atoms with van der Waals surface area (Å²) >= 11 is 0. The van der Waals surface area contributed by atoms with Crippen molar-refractivity contribution < 1.29 is 19.4 Å². The van der Waals surface area contributed by atoms with Gasteiger partial charge in [-0.2, -0.15) is 0 Å². The molecule has 0 aliphatic carbocycles. The van der Waals surface area contributed by atoms with E-state index >= 15 is 0 Å². The first-order valence-electron chi connectivity index (χ1n) is 13.2. The molecule has 5 heteroatoms. The van der Waals surface area contributed by atoms with Crippen molar-refractivity contribution in [2.45, 2.75) is 110 Å². The monoisotopic (exact) mass is 478 g/mol. The molecule has 0 radical (unpaired) electrons. The Morgan fingerprint density at radius 2 is 1.30 bits per heavy atom. The molecule has 0 amide bonds. The maximum Gasteiger partial charge on any atom is 0.306 e. The molecule has 0 bridgehead atoms. The predicted octanol–water partition coefficient (Wildman–Crippen LogP) is 8.19. The van der Waals surface area contributed by atoms with E-state index in [1.807, 2.05) is 18.2 Å². The average Bonchev–Trinajstić information content (AvgIpc) is 2.78. The number of rotatable bonds is 20. The van der Waals surface area contributed by atoms with Gasteiger partial charge in [0, 0.05) is 11.5 Å². The molecule has 0 spiro atoms. The molecule has 0 heterocycles. The highest BCUT2D eigenvalue weighted by atomic mass is 31.2. The summed E-state index contributed by atoms with van der Waals surface area (Å²) in [6.45, 7) is 3.73. The summed E-state index contributed by atoms with van der Waals surface area (Å²) in [6.07, 6.45) is 24.2. The fourth-order valence-electron chi connectivity index (χ4n) is 4.05. The maximum absolute atomic E-state index is 12.4. The molecule has 0 saturated carbocycles. The molecule has 0 aliphatic heterocycles. The largest absolute Gasteiger partial charge is 0.481 e. The van der Waals surface area contributed by atoms with E-state index in [1.165, 1.54) is 96.8 Å². The third-order valence-electron chi connectivity index (χ3n) is 6.27. The Hall–Kier alpha value is -1.38. The number of benzene rings is 1. The highest BCUT2D eigenvalue weighted by Gasteiger charge is 2.27. The van der Waals surface area contributed by atoms with Crippen molar-refractivity contribution >= 4 is 24.7 Å². The van der Waals surface area contributed by atoms with Crippen LogP contribution in [0.25, 0.3) is 6.08 Å². The number of carbonyl (C=O) groups is 1. The predicted molar refractivity (Wildman–Crippen MR) is 142 cm³/mol. The zero-order valence-corrected chi connectivity index (χ0v) is 21.9. The quantitative estimate of drug-likeness (QED) is 0.146. The summed E-state index contributed by atoms with van der Waals surface area (Å²) in [7, 11) is -3.64. The lowest BCUT2D eigenvalue weighted by atomic mass is 10.0.